The molecule has 3 aliphatic carbocycles. The Balaban J connectivity index is 1.71. The van der Waals surface area contributed by atoms with Crippen LogP contribution in [0, 0.1) is 23.2 Å². The Morgan fingerprint density at radius 3 is 2.50 bits per heavy atom. The third-order valence-electron chi connectivity index (χ3n) is 8.25. The zero-order chi connectivity index (χ0) is 22.1. The molecule has 0 spiro atoms. The maximum Gasteiger partial charge on any atom is 0.0809 e. The minimum Gasteiger partial charge on any atom is -0.393 e. The average Bonchev–Trinajstić information content (AvgIpc) is 3.01. The molecule has 0 radical (unpaired) electrons. The summed E-state index contributed by atoms with van der Waals surface area (Å²) in [7, 11) is 0. The maximum absolute atomic E-state index is 10.4. The number of allylic oxidation sites excluding steroid dienone is 3. The van der Waals surface area contributed by atoms with E-state index in [0.29, 0.717) is 48.0 Å². The van der Waals surface area contributed by atoms with Crippen molar-refractivity contribution >= 4 is 0 Å². The zero-order valence-electron chi connectivity index (χ0n) is 19.2. The van der Waals surface area contributed by atoms with Crippen LogP contribution >= 0.6 is 0 Å². The molecule has 0 bridgehead atoms. The van der Waals surface area contributed by atoms with Crippen molar-refractivity contribution in [2.24, 2.45) is 23.2 Å². The summed E-state index contributed by atoms with van der Waals surface area (Å²) in [4.78, 5) is 0. The molecule has 3 rings (SSSR count). The van der Waals surface area contributed by atoms with E-state index in [2.05, 4.69) is 39.2 Å². The van der Waals surface area contributed by atoms with Gasteiger partial charge in [0.1, 0.15) is 0 Å². The van der Waals surface area contributed by atoms with Gasteiger partial charge in [-0.2, -0.15) is 0 Å². The second-order valence-electron chi connectivity index (χ2n) is 10.7. The summed E-state index contributed by atoms with van der Waals surface area (Å²) in [5, 5.41) is 30.7. The lowest BCUT2D eigenvalue weighted by atomic mass is 9.60. The lowest BCUT2D eigenvalue weighted by molar-refractivity contribution is 0.0641. The van der Waals surface area contributed by atoms with Gasteiger partial charge >= 0.3 is 0 Å². The fourth-order valence-electron chi connectivity index (χ4n) is 6.72. The van der Waals surface area contributed by atoms with Crippen LogP contribution < -0.4 is 0 Å². The van der Waals surface area contributed by atoms with E-state index < -0.39 is 12.2 Å². The third kappa shape index (κ3) is 5.00. The quantitative estimate of drug-likeness (QED) is 0.504. The van der Waals surface area contributed by atoms with Crippen molar-refractivity contribution < 1.29 is 15.3 Å². The summed E-state index contributed by atoms with van der Waals surface area (Å²) in [6.45, 7) is 14.6. The molecular formula is C27H42O3. The molecule has 0 saturated heterocycles. The molecule has 3 fully saturated rings. The molecule has 0 aromatic heterocycles. The molecule has 2 unspecified atom stereocenters. The summed E-state index contributed by atoms with van der Waals surface area (Å²) < 4.78 is 0. The standard InChI is InChI=1S/C27H42O3/c1-17(2)13-22(28)14-18(3)23-10-11-24-21(7-6-12-27(23,24)5)9-8-20-15-25(29)19(4)26(30)16-20/h8-9,18,22-26,28-30H,1,4,6-7,10-16H2,2-3,5H3/b21-9+/t18-,22+,23?,24?,25-,26-,27-/m1/s1. The van der Waals surface area contributed by atoms with Crippen molar-refractivity contribution in [3.63, 3.8) is 0 Å². The molecule has 0 amide bonds. The molecule has 168 valence electrons. The van der Waals surface area contributed by atoms with Gasteiger partial charge < -0.3 is 15.3 Å². The van der Waals surface area contributed by atoms with Gasteiger partial charge in [0, 0.05) is 0 Å². The Bertz CT molecular complexity index is 702. The molecule has 3 heteroatoms. The van der Waals surface area contributed by atoms with E-state index >= 15 is 0 Å². The largest absolute Gasteiger partial charge is 0.393 e. The van der Waals surface area contributed by atoms with Crippen molar-refractivity contribution in [3.8, 4) is 0 Å². The SMILES string of the molecule is C=C(C)C[C@H](O)C[C@@H](C)C1CCC2/C(=C/C=C3C[C@@H](O)C(=C)[C@H](O)C3)CCC[C@@]21C. The summed E-state index contributed by atoms with van der Waals surface area (Å²) >= 11 is 0. The normalized spacial score (nSPS) is 37.7. The summed E-state index contributed by atoms with van der Waals surface area (Å²) in [5.41, 5.74) is 4.58. The van der Waals surface area contributed by atoms with Crippen LogP contribution in [0.2, 0.25) is 0 Å². The van der Waals surface area contributed by atoms with Crippen LogP contribution in [0.4, 0.5) is 0 Å². The van der Waals surface area contributed by atoms with Crippen LogP contribution in [0.25, 0.3) is 0 Å². The first-order chi connectivity index (χ1) is 14.1. The van der Waals surface area contributed by atoms with Gasteiger partial charge in [-0.1, -0.05) is 49.3 Å². The highest BCUT2D eigenvalue weighted by Gasteiger charge is 2.50. The maximum atomic E-state index is 10.4. The fraction of sp³-hybridized carbons (Fsp3) is 0.704. The average molecular weight is 415 g/mol. The van der Waals surface area contributed by atoms with Gasteiger partial charge in [0.15, 0.2) is 0 Å². The minimum atomic E-state index is -0.627. The Hall–Kier alpha value is -1.16. The molecule has 3 N–H and O–H groups in total. The van der Waals surface area contributed by atoms with Crippen LogP contribution in [0.15, 0.2) is 47.6 Å². The molecule has 3 nitrogen and oxygen atoms in total. The zero-order valence-corrected chi connectivity index (χ0v) is 19.2. The van der Waals surface area contributed by atoms with Gasteiger partial charge in [0.05, 0.1) is 18.3 Å². The fourth-order valence-corrected chi connectivity index (χ4v) is 6.72. The predicted molar refractivity (Wildman–Crippen MR) is 124 cm³/mol. The number of hydrogen-bond donors (Lipinski definition) is 3. The molecule has 7 atom stereocenters. The van der Waals surface area contributed by atoms with Crippen molar-refractivity contribution in [1.29, 1.82) is 0 Å². The second-order valence-corrected chi connectivity index (χ2v) is 10.7. The Morgan fingerprint density at radius 2 is 1.87 bits per heavy atom. The highest BCUT2D eigenvalue weighted by Crippen LogP contribution is 2.59. The van der Waals surface area contributed by atoms with E-state index in [4.69, 9.17) is 0 Å². The predicted octanol–water partition coefficient (Wildman–Crippen LogP) is 5.48. The molecule has 0 aromatic carbocycles. The van der Waals surface area contributed by atoms with Crippen LogP contribution in [0.1, 0.15) is 78.6 Å². The van der Waals surface area contributed by atoms with E-state index in [-0.39, 0.29) is 6.10 Å². The van der Waals surface area contributed by atoms with E-state index in [1.165, 1.54) is 25.7 Å². The first-order valence-electron chi connectivity index (χ1n) is 11.9. The van der Waals surface area contributed by atoms with E-state index in [1.54, 1.807) is 5.57 Å². The molecule has 3 aliphatic rings. The van der Waals surface area contributed by atoms with E-state index in [1.807, 2.05) is 6.92 Å². The van der Waals surface area contributed by atoms with Crippen LogP contribution in [-0.2, 0) is 0 Å². The monoisotopic (exact) mass is 414 g/mol. The number of aliphatic hydroxyl groups excluding tert-OH is 3. The first kappa shape index (κ1) is 23.5. The van der Waals surface area contributed by atoms with Crippen molar-refractivity contribution in [2.75, 3.05) is 0 Å². The van der Waals surface area contributed by atoms with Crippen molar-refractivity contribution in [3.05, 3.63) is 47.6 Å². The van der Waals surface area contributed by atoms with Crippen molar-refractivity contribution in [2.45, 2.75) is 96.9 Å². The smallest absolute Gasteiger partial charge is 0.0809 e. The molecular weight excluding hydrogens is 372 g/mol. The van der Waals surface area contributed by atoms with Gasteiger partial charge in [0.25, 0.3) is 0 Å². The Morgan fingerprint density at radius 1 is 1.20 bits per heavy atom. The second kappa shape index (κ2) is 9.54. The molecule has 0 aromatic rings. The van der Waals surface area contributed by atoms with E-state index in [0.717, 1.165) is 24.0 Å². The highest BCUT2D eigenvalue weighted by atomic mass is 16.3. The first-order valence-corrected chi connectivity index (χ1v) is 11.9. The van der Waals surface area contributed by atoms with Gasteiger partial charge in [0.2, 0.25) is 0 Å². The number of hydrogen-bond acceptors (Lipinski definition) is 3. The number of aliphatic hydroxyl groups is 3. The van der Waals surface area contributed by atoms with E-state index in [9.17, 15) is 15.3 Å². The lowest BCUT2D eigenvalue weighted by Crippen LogP contribution is -2.36. The van der Waals surface area contributed by atoms with Crippen LogP contribution in [0.3, 0.4) is 0 Å². The van der Waals surface area contributed by atoms with Gasteiger partial charge in [-0.05, 0) is 93.5 Å². The Labute approximate surface area is 183 Å². The van der Waals surface area contributed by atoms with Gasteiger partial charge in [-0.3, -0.25) is 0 Å². The van der Waals surface area contributed by atoms with Crippen LogP contribution in [0.5, 0.6) is 0 Å². The summed E-state index contributed by atoms with van der Waals surface area (Å²) in [5.74, 6) is 1.78. The molecule has 30 heavy (non-hydrogen) atoms. The topological polar surface area (TPSA) is 60.7 Å². The Kier molecular flexibility index (Phi) is 7.48. The molecule has 0 aliphatic heterocycles. The van der Waals surface area contributed by atoms with Gasteiger partial charge in [-0.25, -0.2) is 0 Å². The van der Waals surface area contributed by atoms with Crippen molar-refractivity contribution in [1.82, 2.24) is 0 Å². The number of rotatable bonds is 6. The molecule has 0 heterocycles. The minimum absolute atomic E-state index is 0.276. The highest BCUT2D eigenvalue weighted by molar-refractivity contribution is 5.29. The number of fused-ring (bicyclic) bond motifs is 1. The molecule has 3 saturated carbocycles. The van der Waals surface area contributed by atoms with Crippen LogP contribution in [-0.4, -0.2) is 33.6 Å². The summed E-state index contributed by atoms with van der Waals surface area (Å²) in [6.07, 6.45) is 11.8. The third-order valence-corrected chi connectivity index (χ3v) is 8.25. The summed E-state index contributed by atoms with van der Waals surface area (Å²) in [6, 6.07) is 0. The van der Waals surface area contributed by atoms with Gasteiger partial charge in [-0.15, -0.1) is 6.58 Å². The lowest BCUT2D eigenvalue weighted by Gasteiger charge is -2.44.